The van der Waals surface area contributed by atoms with Crippen molar-refractivity contribution < 1.29 is 19.1 Å². The number of rotatable bonds is 8. The molecule has 10 heteroatoms. The van der Waals surface area contributed by atoms with Gasteiger partial charge in [-0.15, -0.1) is 0 Å². The maximum Gasteiger partial charge on any atom is 0.411 e. The van der Waals surface area contributed by atoms with E-state index >= 15 is 0 Å². The van der Waals surface area contributed by atoms with Crippen LogP contribution >= 0.6 is 0 Å². The molecule has 0 radical (unpaired) electrons. The summed E-state index contributed by atoms with van der Waals surface area (Å²) in [5.74, 6) is 1.54. The van der Waals surface area contributed by atoms with Crippen molar-refractivity contribution in [2.45, 2.75) is 124 Å². The second-order valence-corrected chi connectivity index (χ2v) is 16.4. The van der Waals surface area contributed by atoms with Gasteiger partial charge < -0.3 is 19.4 Å². The number of H-pyrrole nitrogens is 2. The molecule has 0 bridgehead atoms. The number of hydrogen-bond acceptors (Lipinski definition) is 6. The second-order valence-electron chi connectivity index (χ2n) is 16.4. The molecule has 1 saturated heterocycles. The highest BCUT2D eigenvalue weighted by atomic mass is 16.6. The molecule has 2 aliphatic rings. The Hall–Kier alpha value is -4.60. The molecule has 1 saturated carbocycles. The van der Waals surface area contributed by atoms with Crippen LogP contribution in [0.4, 0.5) is 9.59 Å². The third-order valence-corrected chi connectivity index (χ3v) is 9.67. The Morgan fingerprint density at radius 1 is 0.840 bits per heavy atom. The summed E-state index contributed by atoms with van der Waals surface area (Å²) in [4.78, 5) is 46.3. The lowest BCUT2D eigenvalue weighted by Gasteiger charge is -2.35. The van der Waals surface area contributed by atoms with Crippen molar-refractivity contribution >= 4 is 12.2 Å². The van der Waals surface area contributed by atoms with Gasteiger partial charge in [-0.1, -0.05) is 62.4 Å². The van der Waals surface area contributed by atoms with E-state index in [0.29, 0.717) is 6.42 Å². The quantitative estimate of drug-likeness (QED) is 0.191. The first kappa shape index (κ1) is 35.2. The molecule has 1 aliphatic heterocycles. The van der Waals surface area contributed by atoms with Gasteiger partial charge in [0.05, 0.1) is 35.9 Å². The number of ether oxygens (including phenoxy) is 2. The summed E-state index contributed by atoms with van der Waals surface area (Å²) < 4.78 is 11.5. The predicted molar refractivity (Wildman–Crippen MR) is 195 cm³/mol. The first-order valence-electron chi connectivity index (χ1n) is 17.8. The predicted octanol–water partition coefficient (Wildman–Crippen LogP) is 9.69. The number of aromatic amines is 2. The zero-order valence-corrected chi connectivity index (χ0v) is 31.1. The molecule has 4 unspecified atom stereocenters. The summed E-state index contributed by atoms with van der Waals surface area (Å²) in [6, 6.07) is 16.6. The van der Waals surface area contributed by atoms with Gasteiger partial charge in [-0.05, 0) is 102 Å². The smallest absolute Gasteiger partial charge is 0.411 e. The van der Waals surface area contributed by atoms with Crippen molar-refractivity contribution in [3.63, 3.8) is 0 Å². The number of imidazole rings is 2. The Labute approximate surface area is 296 Å². The average Bonchev–Trinajstić information content (AvgIpc) is 3.46. The molecule has 3 heterocycles. The number of nitrogens with one attached hydrogen (secondary N) is 2. The minimum atomic E-state index is -0.581. The van der Waals surface area contributed by atoms with Crippen LogP contribution < -0.4 is 0 Å². The number of piperidine rings is 1. The normalized spacial score (nSPS) is 20.8. The SMILES string of the molecule is CCC(c1ncc(-c2ccc(-c3ccc(-c4cnc(C5CC6(C)CC6N5C(=O)OC(C)(C)C)[nH]4)cc3)cc2)[nH]1)N(C(=O)OC(C)(C)C)C(C)C. The molecule has 266 valence electrons. The highest BCUT2D eigenvalue weighted by Crippen LogP contribution is 2.63. The molecule has 2 N–H and O–H groups in total. The van der Waals surface area contributed by atoms with Gasteiger partial charge in [0.2, 0.25) is 0 Å². The van der Waals surface area contributed by atoms with E-state index in [9.17, 15) is 9.59 Å². The topological polar surface area (TPSA) is 116 Å². The van der Waals surface area contributed by atoms with Crippen LogP contribution in [0.2, 0.25) is 0 Å². The fourth-order valence-corrected chi connectivity index (χ4v) is 7.12. The van der Waals surface area contributed by atoms with Gasteiger partial charge in [-0.3, -0.25) is 9.80 Å². The Morgan fingerprint density at radius 2 is 1.36 bits per heavy atom. The van der Waals surface area contributed by atoms with Gasteiger partial charge in [-0.25, -0.2) is 19.6 Å². The van der Waals surface area contributed by atoms with Gasteiger partial charge in [0.1, 0.15) is 22.9 Å². The highest BCUT2D eigenvalue weighted by molar-refractivity contribution is 5.73. The van der Waals surface area contributed by atoms with E-state index in [1.807, 2.05) is 72.7 Å². The molecule has 4 atom stereocenters. The van der Waals surface area contributed by atoms with E-state index in [1.54, 1.807) is 4.90 Å². The largest absolute Gasteiger partial charge is 0.444 e. The lowest BCUT2D eigenvalue weighted by atomic mass is 10.0. The molecule has 4 aromatic rings. The zero-order valence-electron chi connectivity index (χ0n) is 31.1. The van der Waals surface area contributed by atoms with E-state index in [2.05, 4.69) is 77.3 Å². The first-order chi connectivity index (χ1) is 23.5. The maximum absolute atomic E-state index is 13.2. The van der Waals surface area contributed by atoms with Crippen LogP contribution in [0.1, 0.15) is 112 Å². The maximum atomic E-state index is 13.2. The van der Waals surface area contributed by atoms with E-state index in [4.69, 9.17) is 14.5 Å². The fourth-order valence-electron chi connectivity index (χ4n) is 7.12. The number of aromatic nitrogens is 4. The number of carbonyl (C=O) groups is 2. The summed E-state index contributed by atoms with van der Waals surface area (Å²) in [5.41, 5.74) is 5.04. The molecule has 6 rings (SSSR count). The van der Waals surface area contributed by atoms with Crippen molar-refractivity contribution in [2.75, 3.05) is 0 Å². The Bertz CT molecular complexity index is 1720. The van der Waals surface area contributed by atoms with Crippen molar-refractivity contribution in [1.29, 1.82) is 0 Å². The molecule has 2 fully saturated rings. The van der Waals surface area contributed by atoms with Crippen LogP contribution in [0.3, 0.4) is 0 Å². The molecule has 10 nitrogen and oxygen atoms in total. The average molecular weight is 681 g/mol. The van der Waals surface area contributed by atoms with Crippen LogP contribution in [-0.4, -0.2) is 65.2 Å². The standard InChI is InChI=1S/C40H52N6O4/c1-11-31(45(24(2)3)36(47)49-38(4,5)6)34-41-22-29(43-34)27-16-12-25(13-17-27)26-14-18-28(19-15-26)30-23-42-35(44-30)32-20-40(10)21-33(40)46(32)37(48)50-39(7,8)9/h12-19,22-24,31-33H,11,20-21H2,1-10H3,(H,41,43)(H,42,44). The van der Waals surface area contributed by atoms with Gasteiger partial charge >= 0.3 is 12.2 Å². The summed E-state index contributed by atoms with van der Waals surface area (Å²) in [6.45, 7) is 19.6. The number of nitrogens with zero attached hydrogens (tertiary/aromatic N) is 4. The summed E-state index contributed by atoms with van der Waals surface area (Å²) >= 11 is 0. The highest BCUT2D eigenvalue weighted by Gasteiger charge is 2.64. The number of fused-ring (bicyclic) bond motifs is 1. The van der Waals surface area contributed by atoms with E-state index in [0.717, 1.165) is 58.1 Å². The van der Waals surface area contributed by atoms with Crippen LogP contribution in [0.5, 0.6) is 0 Å². The number of likely N-dealkylation sites (tertiary alicyclic amines) is 1. The lowest BCUT2D eigenvalue weighted by Crippen LogP contribution is -2.43. The monoisotopic (exact) mass is 680 g/mol. The number of hydrogen-bond donors (Lipinski definition) is 2. The molecule has 2 aromatic carbocycles. The number of benzene rings is 2. The molecule has 1 aliphatic carbocycles. The Kier molecular flexibility index (Phi) is 9.12. The first-order valence-corrected chi connectivity index (χ1v) is 17.8. The van der Waals surface area contributed by atoms with Gasteiger partial charge in [0, 0.05) is 12.1 Å². The molecular formula is C40H52N6O4. The Balaban J connectivity index is 1.14. The molecule has 0 spiro atoms. The summed E-state index contributed by atoms with van der Waals surface area (Å²) in [6.07, 6.45) is 5.66. The second kappa shape index (κ2) is 12.9. The van der Waals surface area contributed by atoms with Crippen LogP contribution in [-0.2, 0) is 9.47 Å². The lowest BCUT2D eigenvalue weighted by molar-refractivity contribution is 0.00658. The Morgan fingerprint density at radius 3 is 1.88 bits per heavy atom. The van der Waals surface area contributed by atoms with Gasteiger partial charge in [0.25, 0.3) is 0 Å². The fraction of sp³-hybridized carbons (Fsp3) is 0.500. The minimum Gasteiger partial charge on any atom is -0.444 e. The van der Waals surface area contributed by atoms with E-state index in [1.165, 1.54) is 0 Å². The van der Waals surface area contributed by atoms with Crippen LogP contribution in [0.25, 0.3) is 33.6 Å². The number of amides is 2. The van der Waals surface area contributed by atoms with Gasteiger partial charge in [-0.2, -0.15) is 0 Å². The molecule has 2 aromatic heterocycles. The third kappa shape index (κ3) is 7.30. The van der Waals surface area contributed by atoms with Crippen LogP contribution in [0.15, 0.2) is 60.9 Å². The third-order valence-electron chi connectivity index (χ3n) is 9.67. The van der Waals surface area contributed by atoms with Crippen molar-refractivity contribution in [2.24, 2.45) is 5.41 Å². The van der Waals surface area contributed by atoms with E-state index < -0.39 is 11.2 Å². The van der Waals surface area contributed by atoms with Crippen molar-refractivity contribution in [1.82, 2.24) is 29.7 Å². The van der Waals surface area contributed by atoms with Gasteiger partial charge in [0.15, 0.2) is 0 Å². The molecule has 50 heavy (non-hydrogen) atoms. The van der Waals surface area contributed by atoms with E-state index in [-0.39, 0.29) is 41.8 Å². The number of carbonyl (C=O) groups excluding carboxylic acids is 2. The summed E-state index contributed by atoms with van der Waals surface area (Å²) in [7, 11) is 0. The van der Waals surface area contributed by atoms with Crippen LogP contribution in [0, 0.1) is 5.41 Å². The van der Waals surface area contributed by atoms with Crippen molar-refractivity contribution in [3.8, 4) is 33.6 Å². The summed E-state index contributed by atoms with van der Waals surface area (Å²) in [5, 5.41) is 0. The zero-order chi connectivity index (χ0) is 36.2. The molecular weight excluding hydrogens is 628 g/mol. The molecule has 2 amide bonds. The van der Waals surface area contributed by atoms with Crippen molar-refractivity contribution in [3.05, 3.63) is 72.6 Å². The minimum absolute atomic E-state index is 0.0553.